The molecule has 0 aromatic carbocycles. The molecule has 1 aliphatic heterocycles. The molecule has 0 N–H and O–H groups in total. The van der Waals surface area contributed by atoms with Gasteiger partial charge in [0.25, 0.3) is 0 Å². The third kappa shape index (κ3) is 3.65. The summed E-state index contributed by atoms with van der Waals surface area (Å²) in [6, 6.07) is 0. The minimum Gasteiger partial charge on any atom is -0.348 e. The first-order chi connectivity index (χ1) is 6.16. The van der Waals surface area contributed by atoms with Gasteiger partial charge in [0.05, 0.1) is 12.7 Å². The van der Waals surface area contributed by atoms with Gasteiger partial charge in [-0.25, -0.2) is 0 Å². The van der Waals surface area contributed by atoms with Gasteiger partial charge in [-0.1, -0.05) is 26.2 Å². The van der Waals surface area contributed by atoms with Gasteiger partial charge in [0.1, 0.15) is 0 Å². The van der Waals surface area contributed by atoms with Gasteiger partial charge in [0, 0.05) is 6.42 Å². The number of ether oxygens (including phenoxy) is 2. The molecule has 13 heavy (non-hydrogen) atoms. The lowest BCUT2D eigenvalue weighted by atomic mass is 10.1. The van der Waals surface area contributed by atoms with E-state index in [9.17, 15) is 0 Å². The van der Waals surface area contributed by atoms with Crippen LogP contribution in [-0.2, 0) is 9.47 Å². The Labute approximate surface area is 81.6 Å². The van der Waals surface area contributed by atoms with E-state index in [0.717, 1.165) is 13.0 Å². The zero-order chi connectivity index (χ0) is 9.73. The highest BCUT2D eigenvalue weighted by Gasteiger charge is 2.34. The molecule has 0 radical (unpaired) electrons. The zero-order valence-corrected chi connectivity index (χ0v) is 9.14. The number of hydrogen-bond acceptors (Lipinski definition) is 2. The molecule has 0 aliphatic carbocycles. The molecule has 0 bridgehead atoms. The first-order valence-electron chi connectivity index (χ1n) is 5.48. The highest BCUT2D eigenvalue weighted by atomic mass is 16.7. The summed E-state index contributed by atoms with van der Waals surface area (Å²) >= 11 is 0. The maximum atomic E-state index is 5.71. The lowest BCUT2D eigenvalue weighted by Gasteiger charge is -2.22. The second-order valence-corrected chi connectivity index (χ2v) is 4.18. The number of rotatable bonds is 5. The summed E-state index contributed by atoms with van der Waals surface area (Å²) in [5, 5.41) is 0. The fourth-order valence-corrected chi connectivity index (χ4v) is 1.79. The quantitative estimate of drug-likeness (QED) is 0.614. The normalized spacial score (nSPS) is 33.9. The maximum absolute atomic E-state index is 5.71. The minimum absolute atomic E-state index is 0.274. The highest BCUT2D eigenvalue weighted by molar-refractivity contribution is 4.72. The van der Waals surface area contributed by atoms with E-state index in [2.05, 4.69) is 20.8 Å². The van der Waals surface area contributed by atoms with Crippen molar-refractivity contribution in [2.75, 3.05) is 6.61 Å². The van der Waals surface area contributed by atoms with Gasteiger partial charge in [-0.3, -0.25) is 0 Å². The van der Waals surface area contributed by atoms with Gasteiger partial charge in [0.15, 0.2) is 5.79 Å². The second kappa shape index (κ2) is 4.97. The van der Waals surface area contributed by atoms with Crippen LogP contribution in [0.25, 0.3) is 0 Å². The van der Waals surface area contributed by atoms with E-state index in [1.807, 2.05) is 0 Å². The van der Waals surface area contributed by atoms with Crippen LogP contribution in [0.5, 0.6) is 0 Å². The topological polar surface area (TPSA) is 18.5 Å². The largest absolute Gasteiger partial charge is 0.348 e. The molecule has 0 spiro atoms. The molecule has 0 amide bonds. The molecule has 2 heteroatoms. The second-order valence-electron chi connectivity index (χ2n) is 4.18. The lowest BCUT2D eigenvalue weighted by molar-refractivity contribution is -0.157. The van der Waals surface area contributed by atoms with Gasteiger partial charge in [-0.15, -0.1) is 0 Å². The highest BCUT2D eigenvalue weighted by Crippen LogP contribution is 2.28. The van der Waals surface area contributed by atoms with E-state index in [-0.39, 0.29) is 11.9 Å². The lowest BCUT2D eigenvalue weighted by Crippen LogP contribution is -2.25. The van der Waals surface area contributed by atoms with Crippen LogP contribution in [-0.4, -0.2) is 18.5 Å². The molecule has 1 aliphatic rings. The molecule has 2 nitrogen and oxygen atoms in total. The minimum atomic E-state index is -0.285. The van der Waals surface area contributed by atoms with E-state index in [0.29, 0.717) is 0 Å². The van der Waals surface area contributed by atoms with Crippen LogP contribution in [0.2, 0.25) is 0 Å². The predicted octanol–water partition coefficient (Wildman–Crippen LogP) is 3.11. The van der Waals surface area contributed by atoms with E-state index in [4.69, 9.17) is 9.47 Å². The third-order valence-corrected chi connectivity index (χ3v) is 2.56. The fourth-order valence-electron chi connectivity index (χ4n) is 1.79. The van der Waals surface area contributed by atoms with Crippen molar-refractivity contribution in [2.24, 2.45) is 0 Å². The predicted molar refractivity (Wildman–Crippen MR) is 53.7 cm³/mol. The van der Waals surface area contributed by atoms with Crippen molar-refractivity contribution in [1.82, 2.24) is 0 Å². The molecule has 0 saturated carbocycles. The van der Waals surface area contributed by atoms with Gasteiger partial charge < -0.3 is 9.47 Å². The molecule has 0 aromatic rings. The zero-order valence-electron chi connectivity index (χ0n) is 9.14. The molecule has 2 unspecified atom stereocenters. The Hall–Kier alpha value is -0.0800. The molecular formula is C11H22O2. The average Bonchev–Trinajstić information content (AvgIpc) is 2.41. The van der Waals surface area contributed by atoms with Crippen molar-refractivity contribution in [3.63, 3.8) is 0 Å². The number of unbranched alkanes of at least 4 members (excludes halogenated alkanes) is 3. The van der Waals surface area contributed by atoms with Gasteiger partial charge >= 0.3 is 0 Å². The summed E-state index contributed by atoms with van der Waals surface area (Å²) in [5.74, 6) is -0.285. The van der Waals surface area contributed by atoms with Crippen molar-refractivity contribution >= 4 is 0 Å². The Balaban J connectivity index is 2.12. The Morgan fingerprint density at radius 2 is 2.08 bits per heavy atom. The molecule has 1 rings (SSSR count). The van der Waals surface area contributed by atoms with Crippen LogP contribution >= 0.6 is 0 Å². The van der Waals surface area contributed by atoms with Crippen LogP contribution in [0.4, 0.5) is 0 Å². The first-order valence-corrected chi connectivity index (χ1v) is 5.48. The summed E-state index contributed by atoms with van der Waals surface area (Å²) in [5.41, 5.74) is 0. The van der Waals surface area contributed by atoms with Crippen LogP contribution in [0.3, 0.4) is 0 Å². The molecule has 1 heterocycles. The standard InChI is InChI=1S/C11H22O2/c1-4-5-6-7-8-11(3)12-9-10(2)13-11/h10H,4-9H2,1-3H3. The van der Waals surface area contributed by atoms with Gasteiger partial charge in [-0.05, 0) is 20.3 Å². The van der Waals surface area contributed by atoms with Crippen molar-refractivity contribution in [3.05, 3.63) is 0 Å². The van der Waals surface area contributed by atoms with Gasteiger partial charge in [0.2, 0.25) is 0 Å². The third-order valence-electron chi connectivity index (χ3n) is 2.56. The molecule has 1 fully saturated rings. The molecule has 0 aromatic heterocycles. The summed E-state index contributed by atoms with van der Waals surface area (Å²) in [6.07, 6.45) is 6.44. The maximum Gasteiger partial charge on any atom is 0.166 e. The SMILES string of the molecule is CCCCCCC1(C)OCC(C)O1. The summed E-state index contributed by atoms with van der Waals surface area (Å²) < 4.78 is 11.3. The Kier molecular flexibility index (Phi) is 4.20. The van der Waals surface area contributed by atoms with Crippen LogP contribution in [0.15, 0.2) is 0 Å². The van der Waals surface area contributed by atoms with Gasteiger partial charge in [-0.2, -0.15) is 0 Å². The van der Waals surface area contributed by atoms with Crippen LogP contribution in [0, 0.1) is 0 Å². The van der Waals surface area contributed by atoms with E-state index < -0.39 is 0 Å². The smallest absolute Gasteiger partial charge is 0.166 e. The molecule has 78 valence electrons. The number of hydrogen-bond donors (Lipinski definition) is 0. The van der Waals surface area contributed by atoms with Crippen molar-refractivity contribution in [3.8, 4) is 0 Å². The summed E-state index contributed by atoms with van der Waals surface area (Å²) in [7, 11) is 0. The fraction of sp³-hybridized carbons (Fsp3) is 1.00. The van der Waals surface area contributed by atoms with Crippen LogP contribution in [0.1, 0.15) is 52.9 Å². The van der Waals surface area contributed by atoms with E-state index >= 15 is 0 Å². The van der Waals surface area contributed by atoms with Crippen molar-refractivity contribution in [2.45, 2.75) is 64.8 Å². The molecule has 1 saturated heterocycles. The van der Waals surface area contributed by atoms with Crippen LogP contribution < -0.4 is 0 Å². The monoisotopic (exact) mass is 186 g/mol. The van der Waals surface area contributed by atoms with E-state index in [1.54, 1.807) is 0 Å². The van der Waals surface area contributed by atoms with Crippen molar-refractivity contribution < 1.29 is 9.47 Å². The Bertz CT molecular complexity index is 147. The Morgan fingerprint density at radius 3 is 2.62 bits per heavy atom. The van der Waals surface area contributed by atoms with E-state index in [1.165, 1.54) is 25.7 Å². The van der Waals surface area contributed by atoms with Crippen molar-refractivity contribution in [1.29, 1.82) is 0 Å². The Morgan fingerprint density at radius 1 is 1.31 bits per heavy atom. The average molecular weight is 186 g/mol. The summed E-state index contributed by atoms with van der Waals surface area (Å²) in [6.45, 7) is 7.11. The molecule has 2 atom stereocenters. The molecular weight excluding hydrogens is 164 g/mol. The summed E-state index contributed by atoms with van der Waals surface area (Å²) in [4.78, 5) is 0. The first kappa shape index (κ1) is 11.0.